The van der Waals surface area contributed by atoms with Crippen LogP contribution in [0.5, 0.6) is 0 Å². The monoisotopic (exact) mass is 353 g/mol. The second kappa shape index (κ2) is 5.55. The fraction of sp³-hybridized carbons (Fsp3) is 0.357. The Bertz CT molecular complexity index is 702. The highest BCUT2D eigenvalue weighted by Gasteiger charge is 2.29. The molecule has 1 aromatic carbocycles. The van der Waals surface area contributed by atoms with E-state index in [-0.39, 0.29) is 17.7 Å². The van der Waals surface area contributed by atoms with Crippen molar-refractivity contribution < 1.29 is 13.9 Å². The van der Waals surface area contributed by atoms with Gasteiger partial charge in [0.15, 0.2) is 5.82 Å². The topological polar surface area (TPSA) is 57.0 Å². The molecule has 1 aliphatic heterocycles. The summed E-state index contributed by atoms with van der Waals surface area (Å²) in [6.07, 6.45) is 1.38. The van der Waals surface area contributed by atoms with Gasteiger partial charge in [-0.25, -0.2) is 4.39 Å². The number of aromatic nitrogens is 3. The van der Waals surface area contributed by atoms with E-state index >= 15 is 0 Å². The average molecular weight is 354 g/mol. The molecule has 7 heteroatoms. The molecule has 0 aliphatic carbocycles. The predicted molar refractivity (Wildman–Crippen MR) is 76.9 cm³/mol. The molecule has 1 aromatic heterocycles. The van der Waals surface area contributed by atoms with E-state index in [9.17, 15) is 9.18 Å². The van der Waals surface area contributed by atoms with E-state index in [0.717, 1.165) is 11.4 Å². The first-order valence-corrected chi connectivity index (χ1v) is 7.34. The molecule has 1 atom stereocenters. The summed E-state index contributed by atoms with van der Waals surface area (Å²) in [7, 11) is 1.39. The van der Waals surface area contributed by atoms with E-state index < -0.39 is 0 Å². The van der Waals surface area contributed by atoms with Crippen LogP contribution < -0.4 is 0 Å². The molecule has 0 fully saturated rings. The number of benzene rings is 1. The Morgan fingerprint density at radius 2 is 2.29 bits per heavy atom. The summed E-state index contributed by atoms with van der Waals surface area (Å²) in [4.78, 5) is 11.7. The molecule has 0 saturated heterocycles. The van der Waals surface area contributed by atoms with Gasteiger partial charge < -0.3 is 9.30 Å². The van der Waals surface area contributed by atoms with Crippen LogP contribution in [-0.2, 0) is 22.5 Å². The smallest absolute Gasteiger partial charge is 0.310 e. The third kappa shape index (κ3) is 2.57. The zero-order valence-corrected chi connectivity index (χ0v) is 12.9. The second-order valence-corrected chi connectivity index (χ2v) is 5.79. The molecular formula is C14H13BrFN3O2. The van der Waals surface area contributed by atoms with Crippen molar-refractivity contribution >= 4 is 21.9 Å². The zero-order valence-electron chi connectivity index (χ0n) is 11.3. The average Bonchev–Trinajstić information content (AvgIpc) is 2.89. The van der Waals surface area contributed by atoms with E-state index in [1.807, 2.05) is 4.57 Å². The van der Waals surface area contributed by atoms with Crippen molar-refractivity contribution in [3.63, 3.8) is 0 Å². The van der Waals surface area contributed by atoms with Crippen LogP contribution in [0.4, 0.5) is 4.39 Å². The van der Waals surface area contributed by atoms with Gasteiger partial charge in [-0.1, -0.05) is 0 Å². The van der Waals surface area contributed by atoms with Crippen molar-refractivity contribution in [2.75, 3.05) is 7.11 Å². The van der Waals surface area contributed by atoms with Gasteiger partial charge in [-0.15, -0.1) is 10.2 Å². The van der Waals surface area contributed by atoms with E-state index in [1.54, 1.807) is 6.07 Å². The first kappa shape index (κ1) is 14.2. The molecule has 21 heavy (non-hydrogen) atoms. The molecule has 1 unspecified atom stereocenters. The SMILES string of the molecule is COC(=O)C1CCc2nnc(-c3ccc(F)cc3Br)n2C1. The Labute approximate surface area is 129 Å². The van der Waals surface area contributed by atoms with Crippen molar-refractivity contribution in [1.29, 1.82) is 0 Å². The highest BCUT2D eigenvalue weighted by Crippen LogP contribution is 2.31. The highest BCUT2D eigenvalue weighted by atomic mass is 79.9. The second-order valence-electron chi connectivity index (χ2n) is 4.93. The lowest BCUT2D eigenvalue weighted by Crippen LogP contribution is -2.28. The molecule has 5 nitrogen and oxygen atoms in total. The predicted octanol–water partition coefficient (Wildman–Crippen LogP) is 2.58. The molecule has 3 rings (SSSR count). The van der Waals surface area contributed by atoms with E-state index in [4.69, 9.17) is 4.74 Å². The van der Waals surface area contributed by atoms with Gasteiger partial charge in [-0.2, -0.15) is 0 Å². The quantitative estimate of drug-likeness (QED) is 0.778. The molecule has 0 spiro atoms. The lowest BCUT2D eigenvalue weighted by atomic mass is 9.99. The fourth-order valence-electron chi connectivity index (χ4n) is 2.56. The first-order chi connectivity index (χ1) is 10.1. The minimum atomic E-state index is -0.323. The Kier molecular flexibility index (Phi) is 3.75. The Morgan fingerprint density at radius 3 is 3.00 bits per heavy atom. The molecule has 0 radical (unpaired) electrons. The molecular weight excluding hydrogens is 341 g/mol. The van der Waals surface area contributed by atoms with Gasteiger partial charge in [0, 0.05) is 23.0 Å². The van der Waals surface area contributed by atoms with E-state index in [0.29, 0.717) is 29.7 Å². The third-order valence-electron chi connectivity index (χ3n) is 3.65. The number of esters is 1. The summed E-state index contributed by atoms with van der Waals surface area (Å²) in [6, 6.07) is 4.42. The minimum absolute atomic E-state index is 0.198. The first-order valence-electron chi connectivity index (χ1n) is 6.55. The van der Waals surface area contributed by atoms with Crippen LogP contribution in [-0.4, -0.2) is 27.8 Å². The number of methoxy groups -OCH3 is 1. The number of aryl methyl sites for hydroxylation is 1. The van der Waals surface area contributed by atoms with Crippen molar-refractivity contribution in [2.24, 2.45) is 5.92 Å². The van der Waals surface area contributed by atoms with Gasteiger partial charge in [0.1, 0.15) is 11.6 Å². The molecule has 0 N–H and O–H groups in total. The number of nitrogens with zero attached hydrogens (tertiary/aromatic N) is 3. The van der Waals surface area contributed by atoms with Crippen LogP contribution in [0.2, 0.25) is 0 Å². The van der Waals surface area contributed by atoms with Gasteiger partial charge in [-0.05, 0) is 40.5 Å². The Balaban J connectivity index is 2.00. The maximum Gasteiger partial charge on any atom is 0.310 e. The van der Waals surface area contributed by atoms with Crippen molar-refractivity contribution in [3.8, 4) is 11.4 Å². The Morgan fingerprint density at radius 1 is 1.48 bits per heavy atom. The van der Waals surface area contributed by atoms with Crippen LogP contribution in [0.15, 0.2) is 22.7 Å². The summed E-state index contributed by atoms with van der Waals surface area (Å²) >= 11 is 3.34. The lowest BCUT2D eigenvalue weighted by Gasteiger charge is -2.22. The summed E-state index contributed by atoms with van der Waals surface area (Å²) in [5.74, 6) is 0.721. The van der Waals surface area contributed by atoms with Crippen LogP contribution >= 0.6 is 15.9 Å². The van der Waals surface area contributed by atoms with Gasteiger partial charge in [0.25, 0.3) is 0 Å². The highest BCUT2D eigenvalue weighted by molar-refractivity contribution is 9.10. The number of halogens is 2. The van der Waals surface area contributed by atoms with Gasteiger partial charge in [0.05, 0.1) is 13.0 Å². The van der Waals surface area contributed by atoms with Crippen molar-refractivity contribution in [1.82, 2.24) is 14.8 Å². The maximum absolute atomic E-state index is 13.2. The van der Waals surface area contributed by atoms with Gasteiger partial charge in [-0.3, -0.25) is 4.79 Å². The number of carbonyl (C=O) groups is 1. The van der Waals surface area contributed by atoms with Gasteiger partial charge in [0.2, 0.25) is 0 Å². The number of carbonyl (C=O) groups excluding carboxylic acids is 1. The normalized spacial score (nSPS) is 17.4. The molecule has 110 valence electrons. The Hall–Kier alpha value is -1.76. The lowest BCUT2D eigenvalue weighted by molar-refractivity contribution is -0.146. The number of hydrogen-bond donors (Lipinski definition) is 0. The van der Waals surface area contributed by atoms with E-state index in [1.165, 1.54) is 19.2 Å². The summed E-state index contributed by atoms with van der Waals surface area (Å²) in [6.45, 7) is 0.480. The third-order valence-corrected chi connectivity index (χ3v) is 4.31. The summed E-state index contributed by atoms with van der Waals surface area (Å²) in [5, 5.41) is 8.35. The van der Waals surface area contributed by atoms with Crippen LogP contribution in [0.3, 0.4) is 0 Å². The number of rotatable bonds is 2. The molecule has 2 aromatic rings. The minimum Gasteiger partial charge on any atom is -0.469 e. The molecule has 0 saturated carbocycles. The standard InChI is InChI=1S/C14H13BrFN3O2/c1-21-14(20)8-2-5-12-17-18-13(19(12)7-8)10-4-3-9(16)6-11(10)15/h3-4,6,8H,2,5,7H2,1H3. The van der Waals surface area contributed by atoms with Crippen LogP contribution in [0, 0.1) is 11.7 Å². The number of fused-ring (bicyclic) bond motifs is 1. The summed E-state index contributed by atoms with van der Waals surface area (Å²) < 4.78 is 20.5. The summed E-state index contributed by atoms with van der Waals surface area (Å²) in [5.41, 5.74) is 0.751. The number of ether oxygens (including phenoxy) is 1. The molecule has 0 amide bonds. The fourth-order valence-corrected chi connectivity index (χ4v) is 3.08. The van der Waals surface area contributed by atoms with Crippen molar-refractivity contribution in [2.45, 2.75) is 19.4 Å². The molecule has 2 heterocycles. The molecule has 0 bridgehead atoms. The molecule has 1 aliphatic rings. The van der Waals surface area contributed by atoms with Crippen LogP contribution in [0.1, 0.15) is 12.2 Å². The van der Waals surface area contributed by atoms with E-state index in [2.05, 4.69) is 26.1 Å². The number of hydrogen-bond acceptors (Lipinski definition) is 4. The van der Waals surface area contributed by atoms with Gasteiger partial charge >= 0.3 is 5.97 Å². The zero-order chi connectivity index (χ0) is 15.0. The maximum atomic E-state index is 13.2. The van der Waals surface area contributed by atoms with Crippen molar-refractivity contribution in [3.05, 3.63) is 34.3 Å². The largest absolute Gasteiger partial charge is 0.469 e. The van der Waals surface area contributed by atoms with Crippen LogP contribution in [0.25, 0.3) is 11.4 Å².